The number of aliphatic hydroxyl groups is 1. The van der Waals surface area contributed by atoms with Crippen LogP contribution in [0.5, 0.6) is 11.5 Å². The highest BCUT2D eigenvalue weighted by Gasteiger charge is 2.58. The highest BCUT2D eigenvalue weighted by atomic mass is 16.6. The zero-order chi connectivity index (χ0) is 28.8. The predicted molar refractivity (Wildman–Crippen MR) is 145 cm³/mol. The third-order valence-corrected chi connectivity index (χ3v) is 5.58. The number of hydrogen-bond donors (Lipinski definition) is 1. The van der Waals surface area contributed by atoms with Crippen molar-refractivity contribution in [3.63, 3.8) is 0 Å². The number of unbranched alkanes of at least 4 members (excludes halogenated alkanes) is 1. The first-order chi connectivity index (χ1) is 18.7. The van der Waals surface area contributed by atoms with Gasteiger partial charge in [0, 0.05) is 6.61 Å². The molecule has 9 nitrogen and oxygen atoms in total. The number of rotatable bonds is 15. The normalized spacial score (nSPS) is 12.2. The molecule has 0 saturated heterocycles. The molecule has 0 fully saturated rings. The van der Waals surface area contributed by atoms with Gasteiger partial charge in [-0.15, -0.1) is 0 Å². The van der Waals surface area contributed by atoms with Crippen molar-refractivity contribution >= 4 is 24.0 Å². The van der Waals surface area contributed by atoms with Gasteiger partial charge in [0.05, 0.1) is 19.8 Å². The maximum atomic E-state index is 12.6. The van der Waals surface area contributed by atoms with Crippen LogP contribution in [-0.2, 0) is 33.3 Å². The average molecular weight is 543 g/mol. The molecule has 0 aliphatic heterocycles. The van der Waals surface area contributed by atoms with E-state index in [-0.39, 0.29) is 26.4 Å². The van der Waals surface area contributed by atoms with Crippen molar-refractivity contribution in [1.82, 2.24) is 0 Å². The van der Waals surface area contributed by atoms with Gasteiger partial charge in [0.2, 0.25) is 6.10 Å². The van der Waals surface area contributed by atoms with E-state index in [2.05, 4.69) is 0 Å². The molecule has 0 aromatic heterocycles. The van der Waals surface area contributed by atoms with Crippen molar-refractivity contribution < 1.29 is 43.2 Å². The Morgan fingerprint density at radius 3 is 2.18 bits per heavy atom. The van der Waals surface area contributed by atoms with Gasteiger partial charge in [0.25, 0.3) is 5.60 Å². The summed E-state index contributed by atoms with van der Waals surface area (Å²) < 4.78 is 26.1. The number of hydrogen-bond acceptors (Lipinski definition) is 9. The van der Waals surface area contributed by atoms with E-state index in [1.807, 2.05) is 68.5 Å². The Labute approximate surface area is 229 Å². The Kier molecular flexibility index (Phi) is 12.7. The predicted octanol–water partition coefficient (Wildman–Crippen LogP) is 4.69. The summed E-state index contributed by atoms with van der Waals surface area (Å²) in [5, 5.41) is 11.0. The van der Waals surface area contributed by atoms with E-state index >= 15 is 0 Å². The highest BCUT2D eigenvalue weighted by molar-refractivity contribution is 6.08. The van der Waals surface area contributed by atoms with E-state index in [0.717, 1.165) is 28.2 Å². The maximum Gasteiger partial charge on any atom is 0.353 e. The van der Waals surface area contributed by atoms with Gasteiger partial charge < -0.3 is 28.8 Å². The first-order valence-electron chi connectivity index (χ1n) is 13.0. The molecule has 0 amide bonds. The standard InChI is InChI=1S/C30H38O9/c1-6-35-27(31)26(30(34,28(32)36-7-2)29(33)37-8-3)38-18-11-9-10-14-23-16-17-25(22(5)20-23)39-24-15-12-13-21(4)19-24/h10,12-17,19-20,26,34H,6-9,11,18H2,1-5H3/b14-10+. The Bertz CT molecular complexity index is 1120. The summed E-state index contributed by atoms with van der Waals surface area (Å²) in [4.78, 5) is 37.6. The Morgan fingerprint density at radius 2 is 1.59 bits per heavy atom. The van der Waals surface area contributed by atoms with Crippen LogP contribution in [0.25, 0.3) is 6.08 Å². The van der Waals surface area contributed by atoms with Crippen molar-refractivity contribution in [3.8, 4) is 11.5 Å². The molecule has 1 unspecified atom stereocenters. The second-order valence-corrected chi connectivity index (χ2v) is 8.70. The van der Waals surface area contributed by atoms with Crippen LogP contribution in [0.3, 0.4) is 0 Å². The van der Waals surface area contributed by atoms with E-state index in [1.54, 1.807) is 6.92 Å². The summed E-state index contributed by atoms with van der Waals surface area (Å²) in [6.45, 7) is 8.20. The van der Waals surface area contributed by atoms with Gasteiger partial charge in [-0.3, -0.25) is 0 Å². The smallest absolute Gasteiger partial charge is 0.353 e. The van der Waals surface area contributed by atoms with E-state index in [1.165, 1.54) is 13.8 Å². The van der Waals surface area contributed by atoms with Crippen molar-refractivity contribution in [3.05, 3.63) is 65.2 Å². The lowest BCUT2D eigenvalue weighted by atomic mass is 9.96. The minimum absolute atomic E-state index is 0.0442. The van der Waals surface area contributed by atoms with E-state index in [0.29, 0.717) is 12.8 Å². The number of carbonyl (C=O) groups excluding carboxylic acids is 3. The molecule has 0 aliphatic carbocycles. The summed E-state index contributed by atoms with van der Waals surface area (Å²) in [5.74, 6) is -2.20. The molecule has 39 heavy (non-hydrogen) atoms. The van der Waals surface area contributed by atoms with E-state index < -0.39 is 29.6 Å². The second kappa shape index (κ2) is 15.7. The monoisotopic (exact) mass is 542 g/mol. The second-order valence-electron chi connectivity index (χ2n) is 8.70. The molecule has 0 bridgehead atoms. The van der Waals surface area contributed by atoms with Gasteiger partial charge in [0.15, 0.2) is 0 Å². The van der Waals surface area contributed by atoms with Gasteiger partial charge in [-0.2, -0.15) is 0 Å². The third kappa shape index (κ3) is 8.94. The van der Waals surface area contributed by atoms with Crippen molar-refractivity contribution in [2.75, 3.05) is 26.4 Å². The quantitative estimate of drug-likeness (QED) is 0.148. The van der Waals surface area contributed by atoms with Crippen LogP contribution in [0.15, 0.2) is 48.5 Å². The average Bonchev–Trinajstić information content (AvgIpc) is 2.89. The zero-order valence-electron chi connectivity index (χ0n) is 23.2. The van der Waals surface area contributed by atoms with Gasteiger partial charge in [-0.05, 0) is 88.4 Å². The number of allylic oxidation sites excluding steroid dienone is 1. The topological polar surface area (TPSA) is 118 Å². The van der Waals surface area contributed by atoms with Gasteiger partial charge in [-0.1, -0.05) is 30.4 Å². The molecule has 0 aliphatic rings. The molecule has 0 radical (unpaired) electrons. The van der Waals surface area contributed by atoms with Crippen molar-refractivity contribution in [2.45, 2.75) is 59.2 Å². The number of ether oxygens (including phenoxy) is 5. The first-order valence-corrected chi connectivity index (χ1v) is 13.0. The van der Waals surface area contributed by atoms with Gasteiger partial charge in [0.1, 0.15) is 11.5 Å². The summed E-state index contributed by atoms with van der Waals surface area (Å²) in [5.41, 5.74) is 0.0899. The van der Waals surface area contributed by atoms with Crippen LogP contribution >= 0.6 is 0 Å². The lowest BCUT2D eigenvalue weighted by molar-refractivity contribution is -0.208. The maximum absolute atomic E-state index is 12.6. The summed E-state index contributed by atoms with van der Waals surface area (Å²) in [7, 11) is 0. The fraction of sp³-hybridized carbons (Fsp3) is 0.433. The number of esters is 3. The number of carbonyl (C=O) groups is 3. The number of benzene rings is 2. The fourth-order valence-corrected chi connectivity index (χ4v) is 3.68. The van der Waals surface area contributed by atoms with Crippen LogP contribution in [0.1, 0.15) is 50.3 Å². The highest BCUT2D eigenvalue weighted by Crippen LogP contribution is 2.27. The summed E-state index contributed by atoms with van der Waals surface area (Å²) in [6, 6.07) is 13.7. The molecule has 9 heteroatoms. The Morgan fingerprint density at radius 1 is 0.923 bits per heavy atom. The summed E-state index contributed by atoms with van der Waals surface area (Å²) >= 11 is 0. The molecule has 2 aromatic rings. The molecular formula is C30H38O9. The van der Waals surface area contributed by atoms with Crippen LogP contribution in [0, 0.1) is 13.8 Å². The van der Waals surface area contributed by atoms with Crippen LogP contribution < -0.4 is 4.74 Å². The Hall–Kier alpha value is -3.69. The van der Waals surface area contributed by atoms with E-state index in [4.69, 9.17) is 23.7 Å². The molecule has 1 atom stereocenters. The lowest BCUT2D eigenvalue weighted by Crippen LogP contribution is -2.61. The van der Waals surface area contributed by atoms with Crippen molar-refractivity contribution in [1.29, 1.82) is 0 Å². The molecular weight excluding hydrogens is 504 g/mol. The number of aryl methyl sites for hydroxylation is 2. The van der Waals surface area contributed by atoms with Gasteiger partial charge in [-0.25, -0.2) is 14.4 Å². The first kappa shape index (κ1) is 31.5. The minimum atomic E-state index is -2.99. The SMILES string of the molecule is CCOC(=O)C(OCCC/C=C/c1ccc(Oc2cccc(C)c2)c(C)c1)C(O)(C(=O)OCC)C(=O)OCC. The molecule has 0 spiro atoms. The fourth-order valence-electron chi connectivity index (χ4n) is 3.68. The van der Waals surface area contributed by atoms with Crippen LogP contribution in [0.2, 0.25) is 0 Å². The largest absolute Gasteiger partial charge is 0.464 e. The minimum Gasteiger partial charge on any atom is -0.464 e. The van der Waals surface area contributed by atoms with Crippen molar-refractivity contribution in [2.24, 2.45) is 0 Å². The van der Waals surface area contributed by atoms with Gasteiger partial charge >= 0.3 is 17.9 Å². The lowest BCUT2D eigenvalue weighted by Gasteiger charge is -2.30. The zero-order valence-corrected chi connectivity index (χ0v) is 23.2. The molecule has 212 valence electrons. The van der Waals surface area contributed by atoms with Crippen LogP contribution in [0.4, 0.5) is 0 Å². The van der Waals surface area contributed by atoms with E-state index in [9.17, 15) is 19.5 Å². The summed E-state index contributed by atoms with van der Waals surface area (Å²) in [6.07, 6.45) is 2.93. The molecule has 2 rings (SSSR count). The molecule has 0 heterocycles. The molecule has 1 N–H and O–H groups in total. The molecule has 0 saturated carbocycles. The van der Waals surface area contributed by atoms with Crippen LogP contribution in [-0.4, -0.2) is 61.1 Å². The molecule has 2 aromatic carbocycles. The Balaban J connectivity index is 2.01. The third-order valence-electron chi connectivity index (χ3n) is 5.58.